The highest BCUT2D eigenvalue weighted by atomic mass is 32.2. The van der Waals surface area contributed by atoms with Gasteiger partial charge in [-0.25, -0.2) is 8.78 Å². The molecule has 1 heterocycles. The molecule has 9 heteroatoms. The topological polar surface area (TPSA) is 75.5 Å². The molecule has 1 N–H and O–H groups in total. The maximum absolute atomic E-state index is 13.9. The number of nitro benzene ring substituents is 1. The molecule has 0 aliphatic carbocycles. The van der Waals surface area contributed by atoms with E-state index in [1.165, 1.54) is 24.3 Å². The molecule has 1 unspecified atom stereocenters. The van der Waals surface area contributed by atoms with Crippen LogP contribution in [0.3, 0.4) is 0 Å². The molecule has 1 amide bonds. The van der Waals surface area contributed by atoms with Gasteiger partial charge in [-0.05, 0) is 50.2 Å². The van der Waals surface area contributed by atoms with E-state index in [9.17, 15) is 23.7 Å². The predicted octanol–water partition coefficient (Wildman–Crippen LogP) is 4.24. The van der Waals surface area contributed by atoms with Crippen molar-refractivity contribution in [2.75, 3.05) is 19.6 Å². The molecule has 2 aromatic carbocycles. The van der Waals surface area contributed by atoms with E-state index in [2.05, 4.69) is 17.1 Å². The van der Waals surface area contributed by atoms with Crippen molar-refractivity contribution in [3.05, 3.63) is 63.7 Å². The number of benzene rings is 2. The first-order valence-corrected chi connectivity index (χ1v) is 10.1. The summed E-state index contributed by atoms with van der Waals surface area (Å²) < 4.78 is 26.9. The third-order valence-corrected chi connectivity index (χ3v) is 6.05. The summed E-state index contributed by atoms with van der Waals surface area (Å²) >= 11 is 0.814. The molecule has 0 aromatic heterocycles. The Labute approximate surface area is 171 Å². The van der Waals surface area contributed by atoms with Gasteiger partial charge in [0.15, 0.2) is 0 Å². The molecule has 29 heavy (non-hydrogen) atoms. The zero-order valence-corrected chi connectivity index (χ0v) is 16.7. The minimum absolute atomic E-state index is 0.0626. The molecule has 0 saturated carbocycles. The van der Waals surface area contributed by atoms with Crippen molar-refractivity contribution < 1.29 is 18.5 Å². The van der Waals surface area contributed by atoms with E-state index in [0.717, 1.165) is 49.8 Å². The van der Waals surface area contributed by atoms with Crippen LogP contribution in [0.15, 0.2) is 46.2 Å². The zero-order valence-electron chi connectivity index (χ0n) is 15.9. The molecule has 1 atom stereocenters. The molecular formula is C20H21F2N3O3S. The van der Waals surface area contributed by atoms with E-state index in [-0.39, 0.29) is 33.0 Å². The summed E-state index contributed by atoms with van der Waals surface area (Å²) in [6, 6.07) is 7.37. The lowest BCUT2D eigenvalue weighted by Gasteiger charge is -2.22. The molecule has 1 aliphatic rings. The number of carbonyl (C=O) groups excluding carboxylic acids is 1. The van der Waals surface area contributed by atoms with E-state index < -0.39 is 16.6 Å². The Hall–Kier alpha value is -2.52. The Morgan fingerprint density at radius 3 is 2.72 bits per heavy atom. The van der Waals surface area contributed by atoms with Gasteiger partial charge in [-0.15, -0.1) is 0 Å². The lowest BCUT2D eigenvalue weighted by molar-refractivity contribution is -0.387. The summed E-state index contributed by atoms with van der Waals surface area (Å²) in [6.45, 7) is 4.48. The van der Waals surface area contributed by atoms with Gasteiger partial charge in [0.1, 0.15) is 11.6 Å². The monoisotopic (exact) mass is 421 g/mol. The van der Waals surface area contributed by atoms with Gasteiger partial charge in [0, 0.05) is 35.2 Å². The van der Waals surface area contributed by atoms with E-state index in [4.69, 9.17) is 0 Å². The third-order valence-electron chi connectivity index (χ3n) is 4.94. The average molecular weight is 421 g/mol. The van der Waals surface area contributed by atoms with Crippen LogP contribution in [0.25, 0.3) is 0 Å². The number of hydrogen-bond acceptors (Lipinski definition) is 5. The number of amides is 1. The molecule has 1 saturated heterocycles. The molecule has 0 bridgehead atoms. The number of rotatable bonds is 7. The first kappa shape index (κ1) is 21.2. The van der Waals surface area contributed by atoms with E-state index in [0.29, 0.717) is 6.54 Å². The van der Waals surface area contributed by atoms with Crippen LogP contribution in [0.5, 0.6) is 0 Å². The standard InChI is InChI=1S/C20H21F2N3O3S/c1-2-24-9-3-4-15(24)12-23-20(26)13-5-7-19(17(10-13)25(27)28)29-18-8-6-14(21)11-16(18)22/h5-8,10-11,15H,2-4,9,12H2,1H3,(H,23,26). The second-order valence-corrected chi connectivity index (χ2v) is 7.83. The maximum Gasteiger partial charge on any atom is 0.284 e. The van der Waals surface area contributed by atoms with Gasteiger partial charge in [0.25, 0.3) is 11.6 Å². The summed E-state index contributed by atoms with van der Waals surface area (Å²) in [5.74, 6) is -1.92. The minimum atomic E-state index is -0.803. The van der Waals surface area contributed by atoms with Crippen LogP contribution in [0.4, 0.5) is 14.5 Å². The van der Waals surface area contributed by atoms with Crippen LogP contribution < -0.4 is 5.32 Å². The normalized spacial score (nSPS) is 16.7. The highest BCUT2D eigenvalue weighted by Crippen LogP contribution is 2.36. The molecule has 3 rings (SSSR count). The Morgan fingerprint density at radius 2 is 2.03 bits per heavy atom. The largest absolute Gasteiger partial charge is 0.350 e. The molecule has 0 spiro atoms. The lowest BCUT2D eigenvalue weighted by Crippen LogP contribution is -2.40. The summed E-state index contributed by atoms with van der Waals surface area (Å²) in [6.07, 6.45) is 2.10. The van der Waals surface area contributed by atoms with Crippen molar-refractivity contribution in [3.63, 3.8) is 0 Å². The minimum Gasteiger partial charge on any atom is -0.350 e. The second kappa shape index (κ2) is 9.32. The van der Waals surface area contributed by atoms with Crippen molar-refractivity contribution in [2.24, 2.45) is 0 Å². The van der Waals surface area contributed by atoms with Gasteiger partial charge in [-0.3, -0.25) is 19.8 Å². The van der Waals surface area contributed by atoms with Gasteiger partial charge >= 0.3 is 0 Å². The Bertz CT molecular complexity index is 926. The molecule has 1 fully saturated rings. The van der Waals surface area contributed by atoms with Gasteiger partial charge < -0.3 is 5.32 Å². The van der Waals surface area contributed by atoms with Crippen LogP contribution in [-0.4, -0.2) is 41.4 Å². The second-order valence-electron chi connectivity index (χ2n) is 6.75. The van der Waals surface area contributed by atoms with Crippen molar-refractivity contribution in [1.29, 1.82) is 0 Å². The molecule has 0 radical (unpaired) electrons. The summed E-state index contributed by atoms with van der Waals surface area (Å²) in [5.41, 5.74) is -0.135. The van der Waals surface area contributed by atoms with Crippen molar-refractivity contribution in [1.82, 2.24) is 10.2 Å². The Kier molecular flexibility index (Phi) is 6.81. The number of hydrogen-bond donors (Lipinski definition) is 1. The molecule has 154 valence electrons. The van der Waals surface area contributed by atoms with Crippen molar-refractivity contribution >= 4 is 23.4 Å². The fraction of sp³-hybridized carbons (Fsp3) is 0.350. The Morgan fingerprint density at radius 1 is 1.28 bits per heavy atom. The van der Waals surface area contributed by atoms with Crippen LogP contribution in [-0.2, 0) is 0 Å². The van der Waals surface area contributed by atoms with Gasteiger partial charge in [-0.2, -0.15) is 0 Å². The van der Waals surface area contributed by atoms with Gasteiger partial charge in [-0.1, -0.05) is 18.7 Å². The lowest BCUT2D eigenvalue weighted by atomic mass is 10.1. The summed E-state index contributed by atoms with van der Waals surface area (Å²) in [4.78, 5) is 25.9. The summed E-state index contributed by atoms with van der Waals surface area (Å²) in [5, 5.41) is 14.3. The summed E-state index contributed by atoms with van der Waals surface area (Å²) in [7, 11) is 0. The number of nitrogens with zero attached hydrogens (tertiary/aromatic N) is 2. The molecule has 1 aliphatic heterocycles. The third kappa shape index (κ3) is 5.10. The van der Waals surface area contributed by atoms with Crippen molar-refractivity contribution in [3.8, 4) is 0 Å². The zero-order chi connectivity index (χ0) is 21.0. The number of likely N-dealkylation sites (N-methyl/N-ethyl adjacent to an activating group) is 1. The van der Waals surface area contributed by atoms with E-state index >= 15 is 0 Å². The number of carbonyl (C=O) groups is 1. The van der Waals surface area contributed by atoms with Crippen LogP contribution in [0.2, 0.25) is 0 Å². The fourth-order valence-electron chi connectivity index (χ4n) is 3.42. The number of nitrogens with one attached hydrogen (secondary N) is 1. The number of halogens is 2. The maximum atomic E-state index is 13.9. The highest BCUT2D eigenvalue weighted by Gasteiger charge is 2.24. The Balaban J connectivity index is 1.75. The van der Waals surface area contributed by atoms with Gasteiger partial charge in [0.2, 0.25) is 0 Å². The van der Waals surface area contributed by atoms with Crippen LogP contribution >= 0.6 is 11.8 Å². The quantitative estimate of drug-likeness (QED) is 0.535. The SMILES string of the molecule is CCN1CCCC1CNC(=O)c1ccc(Sc2ccc(F)cc2F)c([N+](=O)[O-])c1. The number of likely N-dealkylation sites (tertiary alicyclic amines) is 1. The van der Waals surface area contributed by atoms with Crippen LogP contribution in [0.1, 0.15) is 30.1 Å². The van der Waals surface area contributed by atoms with Crippen molar-refractivity contribution in [2.45, 2.75) is 35.6 Å². The van der Waals surface area contributed by atoms with Gasteiger partial charge in [0.05, 0.1) is 9.82 Å². The fourth-order valence-corrected chi connectivity index (χ4v) is 4.32. The van der Waals surface area contributed by atoms with E-state index in [1.807, 2.05) is 0 Å². The molecule has 6 nitrogen and oxygen atoms in total. The first-order chi connectivity index (χ1) is 13.9. The van der Waals surface area contributed by atoms with Crippen LogP contribution in [0, 0.1) is 21.7 Å². The smallest absolute Gasteiger partial charge is 0.284 e. The predicted molar refractivity (Wildman–Crippen MR) is 106 cm³/mol. The number of nitro groups is 1. The molecular weight excluding hydrogens is 400 g/mol. The molecule has 2 aromatic rings. The average Bonchev–Trinajstić information content (AvgIpc) is 3.16. The van der Waals surface area contributed by atoms with E-state index in [1.54, 1.807) is 0 Å². The first-order valence-electron chi connectivity index (χ1n) is 9.32. The highest BCUT2D eigenvalue weighted by molar-refractivity contribution is 7.99.